The van der Waals surface area contributed by atoms with E-state index in [1.54, 1.807) is 19.2 Å². The number of hydrogen-bond donors (Lipinski definition) is 2. The SMILES string of the molecule is Cn1[nH]c(=O)c2cccc(C(=O)O)c21. The molecule has 2 aromatic rings. The summed E-state index contributed by atoms with van der Waals surface area (Å²) in [7, 11) is 1.61. The number of carboxylic acids is 1. The van der Waals surface area contributed by atoms with Gasteiger partial charge in [-0.25, -0.2) is 4.79 Å². The zero-order chi connectivity index (χ0) is 10.3. The van der Waals surface area contributed by atoms with Gasteiger partial charge in [0.25, 0.3) is 5.56 Å². The zero-order valence-electron chi connectivity index (χ0n) is 7.44. The van der Waals surface area contributed by atoms with Crippen molar-refractivity contribution < 1.29 is 9.90 Å². The number of benzene rings is 1. The molecular weight excluding hydrogens is 184 g/mol. The van der Waals surface area contributed by atoms with Gasteiger partial charge >= 0.3 is 5.97 Å². The van der Waals surface area contributed by atoms with E-state index in [0.717, 1.165) is 0 Å². The third kappa shape index (κ3) is 1.02. The van der Waals surface area contributed by atoms with Gasteiger partial charge in [-0.3, -0.25) is 14.6 Å². The molecule has 1 heterocycles. The molecule has 0 atom stereocenters. The lowest BCUT2D eigenvalue weighted by Gasteiger charge is -1.98. The summed E-state index contributed by atoms with van der Waals surface area (Å²) in [6.07, 6.45) is 0. The highest BCUT2D eigenvalue weighted by Crippen LogP contribution is 2.14. The first-order valence-electron chi connectivity index (χ1n) is 4.02. The number of H-pyrrole nitrogens is 1. The van der Waals surface area contributed by atoms with Crippen LogP contribution in [0.3, 0.4) is 0 Å². The minimum atomic E-state index is -1.04. The van der Waals surface area contributed by atoms with Crippen LogP contribution >= 0.6 is 0 Å². The Morgan fingerprint density at radius 2 is 2.21 bits per heavy atom. The van der Waals surface area contributed by atoms with Crippen LogP contribution in [0.2, 0.25) is 0 Å². The minimum absolute atomic E-state index is 0.128. The number of aromatic nitrogens is 2. The molecule has 72 valence electrons. The van der Waals surface area contributed by atoms with E-state index in [9.17, 15) is 9.59 Å². The lowest BCUT2D eigenvalue weighted by molar-refractivity contribution is 0.0698. The van der Waals surface area contributed by atoms with Gasteiger partial charge in [-0.2, -0.15) is 0 Å². The van der Waals surface area contributed by atoms with Gasteiger partial charge in [0, 0.05) is 7.05 Å². The molecule has 0 aliphatic heterocycles. The number of aromatic amines is 1. The number of hydrogen-bond acceptors (Lipinski definition) is 2. The summed E-state index contributed by atoms with van der Waals surface area (Å²) in [6, 6.07) is 4.62. The molecule has 0 unspecified atom stereocenters. The number of aromatic carboxylic acids is 1. The van der Waals surface area contributed by atoms with Crippen molar-refractivity contribution in [1.82, 2.24) is 9.78 Å². The second-order valence-electron chi connectivity index (χ2n) is 3.01. The van der Waals surface area contributed by atoms with E-state index in [-0.39, 0.29) is 11.1 Å². The van der Waals surface area contributed by atoms with Gasteiger partial charge in [0.1, 0.15) is 0 Å². The molecule has 0 saturated carbocycles. The largest absolute Gasteiger partial charge is 0.478 e. The fourth-order valence-electron chi connectivity index (χ4n) is 1.53. The number of carbonyl (C=O) groups is 1. The van der Waals surface area contributed by atoms with Gasteiger partial charge in [-0.05, 0) is 12.1 Å². The molecular formula is C9H8N2O3. The fourth-order valence-corrected chi connectivity index (χ4v) is 1.53. The van der Waals surface area contributed by atoms with E-state index in [4.69, 9.17) is 5.11 Å². The van der Waals surface area contributed by atoms with E-state index in [1.807, 2.05) is 0 Å². The molecule has 5 heteroatoms. The molecule has 1 aromatic carbocycles. The Hall–Kier alpha value is -2.04. The van der Waals surface area contributed by atoms with E-state index in [2.05, 4.69) is 5.10 Å². The highest BCUT2D eigenvalue weighted by molar-refractivity contribution is 6.01. The third-order valence-electron chi connectivity index (χ3n) is 2.12. The van der Waals surface area contributed by atoms with Crippen LogP contribution in [-0.4, -0.2) is 20.9 Å². The number of fused-ring (bicyclic) bond motifs is 1. The Kier molecular flexibility index (Phi) is 1.67. The molecule has 0 amide bonds. The van der Waals surface area contributed by atoms with Gasteiger partial charge in [-0.1, -0.05) is 6.07 Å². The maximum Gasteiger partial charge on any atom is 0.337 e. The molecule has 2 N–H and O–H groups in total. The Bertz CT molecular complexity index is 565. The lowest BCUT2D eigenvalue weighted by Crippen LogP contribution is -2.01. The predicted octanol–water partition coefficient (Wildman–Crippen LogP) is 0.565. The Morgan fingerprint density at radius 1 is 1.50 bits per heavy atom. The smallest absolute Gasteiger partial charge is 0.337 e. The van der Waals surface area contributed by atoms with Crippen LogP contribution in [0, 0.1) is 0 Å². The van der Waals surface area contributed by atoms with Crippen molar-refractivity contribution >= 4 is 16.9 Å². The molecule has 0 fully saturated rings. The number of carboxylic acid groups (broad SMARTS) is 1. The van der Waals surface area contributed by atoms with Gasteiger partial charge in [0.05, 0.1) is 16.5 Å². The van der Waals surface area contributed by atoms with Crippen molar-refractivity contribution in [2.75, 3.05) is 0 Å². The maximum atomic E-state index is 11.3. The second-order valence-corrected chi connectivity index (χ2v) is 3.01. The summed E-state index contributed by atoms with van der Waals surface area (Å²) in [6.45, 7) is 0. The molecule has 0 aliphatic rings. The standard InChI is InChI=1S/C9H8N2O3/c1-11-7-5(8(12)10-11)3-2-4-6(7)9(13)14/h2-4H,1H3,(H,10,12)(H,13,14). The van der Waals surface area contributed by atoms with Crippen LogP contribution in [0.25, 0.3) is 10.9 Å². The van der Waals surface area contributed by atoms with Crippen LogP contribution in [0.15, 0.2) is 23.0 Å². The predicted molar refractivity (Wildman–Crippen MR) is 50.5 cm³/mol. The zero-order valence-corrected chi connectivity index (χ0v) is 7.44. The number of nitrogens with one attached hydrogen (secondary N) is 1. The monoisotopic (exact) mass is 192 g/mol. The first-order valence-corrected chi connectivity index (χ1v) is 4.02. The normalized spacial score (nSPS) is 10.6. The highest BCUT2D eigenvalue weighted by atomic mass is 16.4. The van der Waals surface area contributed by atoms with E-state index < -0.39 is 5.97 Å². The number of nitrogens with zero attached hydrogens (tertiary/aromatic N) is 1. The van der Waals surface area contributed by atoms with Crippen LogP contribution < -0.4 is 5.56 Å². The summed E-state index contributed by atoms with van der Waals surface area (Å²) >= 11 is 0. The molecule has 0 radical (unpaired) electrons. The van der Waals surface area contributed by atoms with Crippen molar-refractivity contribution in [1.29, 1.82) is 0 Å². The number of para-hydroxylation sites is 1. The molecule has 1 aromatic heterocycles. The van der Waals surface area contributed by atoms with E-state index >= 15 is 0 Å². The summed E-state index contributed by atoms with van der Waals surface area (Å²) in [5, 5.41) is 11.8. The summed E-state index contributed by atoms with van der Waals surface area (Å²) < 4.78 is 1.42. The van der Waals surface area contributed by atoms with Gasteiger partial charge in [0.15, 0.2) is 0 Å². The molecule has 0 spiro atoms. The summed E-state index contributed by atoms with van der Waals surface area (Å²) in [5.74, 6) is -1.04. The molecule has 0 bridgehead atoms. The number of rotatable bonds is 1. The maximum absolute atomic E-state index is 11.3. The minimum Gasteiger partial charge on any atom is -0.478 e. The van der Waals surface area contributed by atoms with Crippen molar-refractivity contribution in [2.45, 2.75) is 0 Å². The average molecular weight is 192 g/mol. The molecule has 2 rings (SSSR count). The van der Waals surface area contributed by atoms with Gasteiger partial charge in [-0.15, -0.1) is 0 Å². The third-order valence-corrected chi connectivity index (χ3v) is 2.12. The molecule has 14 heavy (non-hydrogen) atoms. The summed E-state index contributed by atoms with van der Waals surface area (Å²) in [5.41, 5.74) is 0.277. The van der Waals surface area contributed by atoms with Gasteiger partial charge < -0.3 is 5.11 Å². The van der Waals surface area contributed by atoms with Crippen molar-refractivity contribution in [2.24, 2.45) is 7.05 Å². The van der Waals surface area contributed by atoms with E-state index in [0.29, 0.717) is 10.9 Å². The van der Waals surface area contributed by atoms with Crippen LogP contribution in [0.4, 0.5) is 0 Å². The van der Waals surface area contributed by atoms with E-state index in [1.165, 1.54) is 10.7 Å². The second kappa shape index (κ2) is 2.73. The summed E-state index contributed by atoms with van der Waals surface area (Å²) in [4.78, 5) is 22.2. The van der Waals surface area contributed by atoms with Crippen molar-refractivity contribution in [3.8, 4) is 0 Å². The van der Waals surface area contributed by atoms with Crippen molar-refractivity contribution in [3.63, 3.8) is 0 Å². The first kappa shape index (κ1) is 8.55. The van der Waals surface area contributed by atoms with Crippen LogP contribution in [-0.2, 0) is 7.05 Å². The van der Waals surface area contributed by atoms with Gasteiger partial charge in [0.2, 0.25) is 0 Å². The molecule has 0 saturated heterocycles. The fraction of sp³-hybridized carbons (Fsp3) is 0.111. The molecule has 5 nitrogen and oxygen atoms in total. The average Bonchev–Trinajstić information content (AvgIpc) is 2.43. The Labute approximate surface area is 78.6 Å². The Morgan fingerprint density at radius 3 is 2.86 bits per heavy atom. The highest BCUT2D eigenvalue weighted by Gasteiger charge is 2.12. The van der Waals surface area contributed by atoms with Crippen LogP contribution in [0.5, 0.6) is 0 Å². The number of aryl methyl sites for hydroxylation is 1. The van der Waals surface area contributed by atoms with Crippen molar-refractivity contribution in [3.05, 3.63) is 34.1 Å². The first-order chi connectivity index (χ1) is 6.61. The Balaban J connectivity index is 3.00. The molecule has 0 aliphatic carbocycles. The quantitative estimate of drug-likeness (QED) is 0.693. The lowest BCUT2D eigenvalue weighted by atomic mass is 10.1. The van der Waals surface area contributed by atoms with Crippen LogP contribution in [0.1, 0.15) is 10.4 Å². The topological polar surface area (TPSA) is 75.1 Å².